The van der Waals surface area contributed by atoms with Crippen LogP contribution in [0.4, 0.5) is 0 Å². The van der Waals surface area contributed by atoms with Gasteiger partial charge in [0, 0.05) is 18.2 Å². The van der Waals surface area contributed by atoms with E-state index in [2.05, 4.69) is 10.3 Å². The Bertz CT molecular complexity index is 738. The molecule has 0 aliphatic carbocycles. The van der Waals surface area contributed by atoms with E-state index < -0.39 is 0 Å². The van der Waals surface area contributed by atoms with Crippen molar-refractivity contribution in [2.24, 2.45) is 5.92 Å². The summed E-state index contributed by atoms with van der Waals surface area (Å²) in [5.41, 5.74) is 0.982. The van der Waals surface area contributed by atoms with E-state index in [0.29, 0.717) is 23.9 Å². The van der Waals surface area contributed by atoms with Gasteiger partial charge in [-0.15, -0.1) is 0 Å². The molecule has 0 bridgehead atoms. The maximum Gasteiger partial charge on any atom is 0.254 e. The third-order valence-corrected chi connectivity index (χ3v) is 3.28. The molecule has 1 amide bonds. The molecule has 0 aliphatic heterocycles. The molecule has 2 rings (SSSR count). The lowest BCUT2D eigenvalue weighted by Crippen LogP contribution is -2.34. The smallest absolute Gasteiger partial charge is 0.254 e. The lowest BCUT2D eigenvalue weighted by Gasteiger charge is -2.10. The maximum atomic E-state index is 12.2. The molecule has 1 aromatic heterocycles. The zero-order valence-corrected chi connectivity index (χ0v) is 13.6. The van der Waals surface area contributed by atoms with Gasteiger partial charge in [-0.2, -0.15) is 0 Å². The first kappa shape index (κ1) is 16.7. The molecule has 0 atom stereocenters. The fraction of sp³-hybridized carbons (Fsp3) is 0.353. The van der Waals surface area contributed by atoms with Gasteiger partial charge < -0.3 is 10.1 Å². The van der Waals surface area contributed by atoms with Gasteiger partial charge in [-0.3, -0.25) is 14.2 Å². The third kappa shape index (κ3) is 4.42. The molecule has 0 fully saturated rings. The van der Waals surface area contributed by atoms with Crippen LogP contribution in [0.1, 0.15) is 13.8 Å². The normalized spacial score (nSPS) is 10.6. The van der Waals surface area contributed by atoms with Crippen molar-refractivity contribution < 1.29 is 9.53 Å². The number of para-hydroxylation sites is 1. The first-order valence-corrected chi connectivity index (χ1v) is 7.48. The van der Waals surface area contributed by atoms with E-state index >= 15 is 0 Å². The van der Waals surface area contributed by atoms with Crippen molar-refractivity contribution in [2.45, 2.75) is 20.4 Å². The van der Waals surface area contributed by atoms with Crippen LogP contribution in [0.5, 0.6) is 5.75 Å². The van der Waals surface area contributed by atoms with Crippen LogP contribution < -0.4 is 15.6 Å². The van der Waals surface area contributed by atoms with Crippen LogP contribution in [-0.4, -0.2) is 29.1 Å². The Morgan fingerprint density at radius 2 is 2.09 bits per heavy atom. The lowest BCUT2D eigenvalue weighted by atomic mass is 10.1. The highest BCUT2D eigenvalue weighted by Gasteiger charge is 2.10. The van der Waals surface area contributed by atoms with E-state index in [0.717, 1.165) is 5.56 Å². The van der Waals surface area contributed by atoms with Crippen LogP contribution >= 0.6 is 0 Å². The van der Waals surface area contributed by atoms with E-state index in [1.807, 2.05) is 38.1 Å². The monoisotopic (exact) mass is 315 g/mol. The molecule has 23 heavy (non-hydrogen) atoms. The van der Waals surface area contributed by atoms with Gasteiger partial charge in [0.05, 0.1) is 19.1 Å². The molecule has 1 aromatic carbocycles. The molecule has 0 radical (unpaired) electrons. The van der Waals surface area contributed by atoms with E-state index in [1.54, 1.807) is 7.11 Å². The Hall–Kier alpha value is -2.63. The van der Waals surface area contributed by atoms with Crippen molar-refractivity contribution in [1.29, 1.82) is 0 Å². The Kier molecular flexibility index (Phi) is 5.51. The molecule has 6 heteroatoms. The molecule has 0 aliphatic rings. The summed E-state index contributed by atoms with van der Waals surface area (Å²) in [6, 6.07) is 8.75. The SMILES string of the molecule is COc1ccccc1-c1cc(=O)n(CC(=O)NCC(C)C)cn1. The second-order valence-electron chi connectivity index (χ2n) is 5.64. The van der Waals surface area contributed by atoms with E-state index in [9.17, 15) is 9.59 Å². The highest BCUT2D eigenvalue weighted by atomic mass is 16.5. The van der Waals surface area contributed by atoms with Gasteiger partial charge in [-0.05, 0) is 18.1 Å². The summed E-state index contributed by atoms with van der Waals surface area (Å²) in [7, 11) is 1.57. The minimum Gasteiger partial charge on any atom is -0.496 e. The Labute approximate surface area is 135 Å². The van der Waals surface area contributed by atoms with Gasteiger partial charge in [-0.1, -0.05) is 26.0 Å². The van der Waals surface area contributed by atoms with Crippen molar-refractivity contribution in [1.82, 2.24) is 14.9 Å². The van der Waals surface area contributed by atoms with Crippen LogP contribution in [0.25, 0.3) is 11.3 Å². The number of hydrogen-bond donors (Lipinski definition) is 1. The van der Waals surface area contributed by atoms with Gasteiger partial charge in [0.15, 0.2) is 0 Å². The molecule has 122 valence electrons. The maximum absolute atomic E-state index is 12.2. The highest BCUT2D eigenvalue weighted by molar-refractivity contribution is 5.75. The van der Waals surface area contributed by atoms with E-state index in [-0.39, 0.29) is 18.0 Å². The number of carbonyl (C=O) groups is 1. The number of ether oxygens (including phenoxy) is 1. The number of benzene rings is 1. The van der Waals surface area contributed by atoms with Gasteiger partial charge in [-0.25, -0.2) is 4.98 Å². The predicted molar refractivity (Wildman–Crippen MR) is 88.3 cm³/mol. The molecular weight excluding hydrogens is 294 g/mol. The molecule has 1 N–H and O–H groups in total. The number of aromatic nitrogens is 2. The molecule has 1 heterocycles. The van der Waals surface area contributed by atoms with Crippen molar-refractivity contribution in [3.05, 3.63) is 47.0 Å². The molecule has 6 nitrogen and oxygen atoms in total. The summed E-state index contributed by atoms with van der Waals surface area (Å²) in [6.07, 6.45) is 1.39. The Morgan fingerprint density at radius 3 is 2.74 bits per heavy atom. The van der Waals surface area contributed by atoms with Gasteiger partial charge >= 0.3 is 0 Å². The number of hydrogen-bond acceptors (Lipinski definition) is 4. The summed E-state index contributed by atoms with van der Waals surface area (Å²) in [4.78, 5) is 28.3. The van der Waals surface area contributed by atoms with Gasteiger partial charge in [0.2, 0.25) is 5.91 Å². The van der Waals surface area contributed by atoms with Gasteiger partial charge in [0.1, 0.15) is 12.3 Å². The minimum absolute atomic E-state index is 0.0369. The molecule has 0 saturated heterocycles. The summed E-state index contributed by atoms with van der Waals surface area (Å²) in [5, 5.41) is 2.78. The summed E-state index contributed by atoms with van der Waals surface area (Å²) in [5.74, 6) is 0.807. The zero-order chi connectivity index (χ0) is 16.8. The first-order valence-electron chi connectivity index (χ1n) is 7.48. The second kappa shape index (κ2) is 7.58. The van der Waals surface area contributed by atoms with Crippen molar-refractivity contribution in [3.63, 3.8) is 0 Å². The largest absolute Gasteiger partial charge is 0.496 e. The van der Waals surface area contributed by atoms with E-state index in [4.69, 9.17) is 4.74 Å². The Morgan fingerprint density at radius 1 is 1.35 bits per heavy atom. The lowest BCUT2D eigenvalue weighted by molar-refractivity contribution is -0.121. The minimum atomic E-state index is -0.277. The molecule has 0 saturated carbocycles. The number of nitrogens with one attached hydrogen (secondary N) is 1. The standard InChI is InChI=1S/C17H21N3O3/c1-12(2)9-18-16(21)10-20-11-19-14(8-17(20)22)13-6-4-5-7-15(13)23-3/h4-8,11-12H,9-10H2,1-3H3,(H,18,21). The van der Waals surface area contributed by atoms with Crippen LogP contribution in [-0.2, 0) is 11.3 Å². The van der Waals surface area contributed by atoms with Crippen molar-refractivity contribution in [2.75, 3.05) is 13.7 Å². The first-order chi connectivity index (χ1) is 11.0. The number of rotatable bonds is 6. The number of nitrogens with zero attached hydrogens (tertiary/aromatic N) is 2. The average molecular weight is 315 g/mol. The zero-order valence-electron chi connectivity index (χ0n) is 13.6. The van der Waals surface area contributed by atoms with E-state index in [1.165, 1.54) is 17.0 Å². The summed E-state index contributed by atoms with van der Waals surface area (Å²) in [6.45, 7) is 4.57. The van der Waals surface area contributed by atoms with Crippen LogP contribution in [0.2, 0.25) is 0 Å². The van der Waals surface area contributed by atoms with Crippen LogP contribution in [0.3, 0.4) is 0 Å². The van der Waals surface area contributed by atoms with Gasteiger partial charge in [0.25, 0.3) is 5.56 Å². The second-order valence-corrected chi connectivity index (χ2v) is 5.64. The molecule has 2 aromatic rings. The third-order valence-electron chi connectivity index (χ3n) is 3.28. The molecule has 0 spiro atoms. The molecular formula is C17H21N3O3. The fourth-order valence-electron chi connectivity index (χ4n) is 2.08. The quantitative estimate of drug-likeness (QED) is 0.880. The predicted octanol–water partition coefficient (Wildman–Crippen LogP) is 1.69. The van der Waals surface area contributed by atoms with Crippen molar-refractivity contribution in [3.8, 4) is 17.0 Å². The molecule has 0 unspecified atom stereocenters. The number of carbonyl (C=O) groups excluding carboxylic acids is 1. The summed E-state index contributed by atoms with van der Waals surface area (Å²) >= 11 is 0. The topological polar surface area (TPSA) is 73.2 Å². The highest BCUT2D eigenvalue weighted by Crippen LogP contribution is 2.26. The van der Waals surface area contributed by atoms with Crippen LogP contribution in [0, 0.1) is 5.92 Å². The number of methoxy groups -OCH3 is 1. The average Bonchev–Trinajstić information content (AvgIpc) is 2.54. The summed E-state index contributed by atoms with van der Waals surface area (Å²) < 4.78 is 6.56. The number of amides is 1. The van der Waals surface area contributed by atoms with Crippen LogP contribution in [0.15, 0.2) is 41.5 Å². The Balaban J connectivity index is 2.18. The fourth-order valence-corrected chi connectivity index (χ4v) is 2.08. The van der Waals surface area contributed by atoms with Crippen molar-refractivity contribution >= 4 is 5.91 Å².